The Morgan fingerprint density at radius 3 is 1.61 bits per heavy atom. The van der Waals surface area contributed by atoms with Crippen LogP contribution in [0.2, 0.25) is 0 Å². The van der Waals surface area contributed by atoms with Crippen molar-refractivity contribution in [3.8, 4) is 0 Å². The van der Waals surface area contributed by atoms with Crippen LogP contribution in [0.15, 0.2) is 125 Å². The van der Waals surface area contributed by atoms with Crippen LogP contribution in [-0.2, 0) is 19.6 Å². The summed E-state index contributed by atoms with van der Waals surface area (Å²) in [5.41, 5.74) is 0.312. The van der Waals surface area contributed by atoms with Gasteiger partial charge in [-0.25, -0.2) is 8.42 Å². The smallest absolute Gasteiger partial charge is 0.323 e. The maximum Gasteiger partial charge on any atom is 0.323 e. The Morgan fingerprint density at radius 1 is 0.750 bits per heavy atom. The van der Waals surface area contributed by atoms with Gasteiger partial charge in [0.2, 0.25) is 10.0 Å². The van der Waals surface area contributed by atoms with Gasteiger partial charge in [-0.3, -0.25) is 9.54 Å². The van der Waals surface area contributed by atoms with Gasteiger partial charge in [0.05, 0.1) is 19.9 Å². The third kappa shape index (κ3) is 5.19. The van der Waals surface area contributed by atoms with Gasteiger partial charge < -0.3 is 4.74 Å². The number of esters is 1. The highest BCUT2D eigenvalue weighted by molar-refractivity contribution is 7.90. The second kappa shape index (κ2) is 11.0. The van der Waals surface area contributed by atoms with E-state index in [2.05, 4.69) is 4.72 Å². The third-order valence-electron chi connectivity index (χ3n) is 5.69. The molecule has 6 nitrogen and oxygen atoms in total. The molecule has 1 N–H and O–H groups in total. The van der Waals surface area contributed by atoms with E-state index in [0.29, 0.717) is 5.69 Å². The minimum absolute atomic E-state index is 0.00655. The number of benzene rings is 4. The van der Waals surface area contributed by atoms with E-state index in [0.717, 1.165) is 15.9 Å². The number of nitrogens with one attached hydrogen (secondary N) is 1. The highest BCUT2D eigenvalue weighted by Gasteiger charge is 2.30. The fourth-order valence-electron chi connectivity index (χ4n) is 4.00. The fraction of sp³-hybridized carbons (Fsp3) is 0.107. The van der Waals surface area contributed by atoms with E-state index in [1.165, 1.54) is 20.1 Å². The van der Waals surface area contributed by atoms with Crippen molar-refractivity contribution < 1.29 is 17.9 Å². The number of carbonyl (C=O) groups excluding carboxylic acids is 1. The van der Waals surface area contributed by atoms with Crippen molar-refractivity contribution in [2.45, 2.75) is 17.9 Å². The van der Waals surface area contributed by atoms with Crippen LogP contribution in [0.5, 0.6) is 0 Å². The first kappa shape index (κ1) is 25.6. The molecule has 0 saturated carbocycles. The molecule has 8 heteroatoms. The molecule has 0 amide bonds. The lowest BCUT2D eigenvalue weighted by Crippen LogP contribution is -2.39. The van der Waals surface area contributed by atoms with E-state index in [4.69, 9.17) is 9.48 Å². The Bertz CT molecular complexity index is 1390. The van der Waals surface area contributed by atoms with Gasteiger partial charge >= 0.3 is 5.97 Å². The summed E-state index contributed by atoms with van der Waals surface area (Å²) in [5, 5.41) is 2.97. The molecular weight excluding hydrogens is 491 g/mol. The first-order valence-corrected chi connectivity index (χ1v) is 14.6. The zero-order chi connectivity index (χ0) is 25.6. The van der Waals surface area contributed by atoms with Crippen LogP contribution in [0.4, 0.5) is 5.69 Å². The number of nitrogens with zero attached hydrogens (tertiary/aromatic N) is 1. The summed E-state index contributed by atoms with van der Waals surface area (Å²) in [4.78, 5) is 11.9. The van der Waals surface area contributed by atoms with E-state index < -0.39 is 29.1 Å². The van der Waals surface area contributed by atoms with Crippen molar-refractivity contribution in [2.75, 3.05) is 7.11 Å². The number of carbonyl (C=O) groups is 1. The van der Waals surface area contributed by atoms with E-state index in [9.17, 15) is 13.2 Å². The summed E-state index contributed by atoms with van der Waals surface area (Å²) in [6.07, 6.45) is 0. The Kier molecular flexibility index (Phi) is 7.85. The van der Waals surface area contributed by atoms with Crippen molar-refractivity contribution in [1.29, 1.82) is 0 Å². The molecule has 0 spiro atoms. The molecular formula is C28H27N2O4PS. The monoisotopic (exact) mass is 518 g/mol. The van der Waals surface area contributed by atoms with Crippen LogP contribution >= 0.6 is 7.05 Å². The first-order valence-electron chi connectivity index (χ1n) is 11.4. The lowest BCUT2D eigenvalue weighted by molar-refractivity contribution is -0.142. The summed E-state index contributed by atoms with van der Waals surface area (Å²) in [5.74, 6) is -0.673. The van der Waals surface area contributed by atoms with E-state index in [1.807, 2.05) is 91.0 Å². The molecule has 0 fully saturated rings. The molecule has 0 aliphatic carbocycles. The van der Waals surface area contributed by atoms with Crippen molar-refractivity contribution in [2.24, 2.45) is 4.74 Å². The highest BCUT2D eigenvalue weighted by atomic mass is 32.2. The van der Waals surface area contributed by atoms with Crippen LogP contribution in [0.3, 0.4) is 0 Å². The van der Waals surface area contributed by atoms with Crippen LogP contribution < -0.4 is 20.6 Å². The quantitative estimate of drug-likeness (QED) is 0.278. The number of ether oxygens (including phenoxy) is 1. The number of sulfonamides is 1. The maximum absolute atomic E-state index is 13.4. The summed E-state index contributed by atoms with van der Waals surface area (Å²) < 4.78 is 39.3. The van der Waals surface area contributed by atoms with Crippen LogP contribution in [0.1, 0.15) is 6.92 Å². The summed E-state index contributed by atoms with van der Waals surface area (Å²) in [6, 6.07) is 35.4. The van der Waals surface area contributed by atoms with Crippen molar-refractivity contribution >= 4 is 44.6 Å². The van der Waals surface area contributed by atoms with Gasteiger partial charge in [0.1, 0.15) is 10.9 Å². The minimum atomic E-state index is -4.09. The molecule has 0 aromatic heterocycles. The topological polar surface area (TPSA) is 84.8 Å². The largest absolute Gasteiger partial charge is 0.468 e. The summed E-state index contributed by atoms with van der Waals surface area (Å²) in [6.45, 7) is 1.44. The van der Waals surface area contributed by atoms with Crippen LogP contribution in [-0.4, -0.2) is 27.5 Å². The molecule has 0 heterocycles. The highest BCUT2D eigenvalue weighted by Crippen LogP contribution is 2.50. The van der Waals surface area contributed by atoms with Crippen LogP contribution in [0.25, 0.3) is 0 Å². The Hall–Kier alpha value is -3.51. The van der Waals surface area contributed by atoms with Gasteiger partial charge in [0.25, 0.3) is 0 Å². The SMILES string of the molecule is COC(=O)C(C)NS(=O)(=O)c1ccccc1N=P(c1ccccc1)(c1ccccc1)c1ccccc1. The zero-order valence-corrected chi connectivity index (χ0v) is 21.7. The fourth-order valence-corrected chi connectivity index (χ4v) is 8.95. The molecule has 0 saturated heterocycles. The molecule has 36 heavy (non-hydrogen) atoms. The zero-order valence-electron chi connectivity index (χ0n) is 20.0. The summed E-state index contributed by atoms with van der Waals surface area (Å²) >= 11 is 0. The van der Waals surface area contributed by atoms with Gasteiger partial charge in [0.15, 0.2) is 0 Å². The Labute approximate surface area is 212 Å². The normalized spacial score (nSPS) is 12.5. The molecule has 0 aliphatic heterocycles. The first-order chi connectivity index (χ1) is 17.4. The van der Waals surface area contributed by atoms with Gasteiger partial charge in [-0.1, -0.05) is 103 Å². The molecule has 4 aromatic rings. The van der Waals surface area contributed by atoms with Crippen molar-refractivity contribution in [3.63, 3.8) is 0 Å². The van der Waals surface area contributed by atoms with Crippen molar-refractivity contribution in [1.82, 2.24) is 4.72 Å². The average molecular weight is 519 g/mol. The third-order valence-corrected chi connectivity index (χ3v) is 10.9. The predicted octanol–water partition coefficient (Wildman–Crippen LogP) is 4.34. The molecule has 0 aliphatic rings. The second-order valence-corrected chi connectivity index (χ2v) is 12.8. The maximum atomic E-state index is 13.4. The second-order valence-electron chi connectivity index (χ2n) is 8.08. The van der Waals surface area contributed by atoms with E-state index >= 15 is 0 Å². The van der Waals surface area contributed by atoms with E-state index in [1.54, 1.807) is 18.2 Å². The molecule has 1 unspecified atom stereocenters. The van der Waals surface area contributed by atoms with Gasteiger partial charge in [0, 0.05) is 15.9 Å². The Balaban J connectivity index is 2.05. The molecule has 1 atom stereocenters. The standard InChI is InChI=1S/C28H27N2O4PS/c1-22(28(31)34-2)30-36(32,33)27-21-13-12-20-26(27)29-35(23-14-6-3-7-15-23,24-16-8-4-9-17-24)25-18-10-5-11-19-25/h3-22,30H,1-2H3. The van der Waals surface area contributed by atoms with Gasteiger partial charge in [-0.05, 0) is 19.1 Å². The van der Waals surface area contributed by atoms with Gasteiger partial charge in [-0.2, -0.15) is 4.72 Å². The number of hydrogen-bond acceptors (Lipinski definition) is 5. The lowest BCUT2D eigenvalue weighted by Gasteiger charge is -2.27. The number of rotatable bonds is 8. The predicted molar refractivity (Wildman–Crippen MR) is 145 cm³/mol. The molecule has 0 bridgehead atoms. The summed E-state index contributed by atoms with van der Waals surface area (Å²) in [7, 11) is -5.56. The molecule has 4 rings (SSSR count). The van der Waals surface area contributed by atoms with Crippen molar-refractivity contribution in [3.05, 3.63) is 115 Å². The average Bonchev–Trinajstić information content (AvgIpc) is 2.92. The van der Waals surface area contributed by atoms with E-state index in [-0.39, 0.29) is 4.90 Å². The molecule has 184 valence electrons. The lowest BCUT2D eigenvalue weighted by atomic mass is 10.3. The molecule has 4 aromatic carbocycles. The number of hydrogen-bond donors (Lipinski definition) is 1. The number of methoxy groups -OCH3 is 1. The van der Waals surface area contributed by atoms with Crippen LogP contribution in [0, 0.1) is 0 Å². The molecule has 0 radical (unpaired) electrons. The Morgan fingerprint density at radius 2 is 1.17 bits per heavy atom. The minimum Gasteiger partial charge on any atom is -0.468 e. The van der Waals surface area contributed by atoms with Gasteiger partial charge in [-0.15, -0.1) is 0 Å².